The Hall–Kier alpha value is -2.10. The first kappa shape index (κ1) is 14.3. The number of rotatable bonds is 2. The zero-order valence-corrected chi connectivity index (χ0v) is 12.3. The lowest BCUT2D eigenvalue weighted by Crippen LogP contribution is -2.19. The molecule has 0 saturated carbocycles. The molecule has 0 radical (unpaired) electrons. The van der Waals surface area contributed by atoms with E-state index in [1.807, 2.05) is 39.0 Å². The molecule has 0 fully saturated rings. The Morgan fingerprint density at radius 2 is 1.95 bits per heavy atom. The third-order valence-electron chi connectivity index (χ3n) is 3.01. The summed E-state index contributed by atoms with van der Waals surface area (Å²) in [5.41, 5.74) is 1.96. The summed E-state index contributed by atoms with van der Waals surface area (Å²) in [4.78, 5) is 26.3. The van der Waals surface area contributed by atoms with Gasteiger partial charge in [-0.1, -0.05) is 26.8 Å². The van der Waals surface area contributed by atoms with Crippen LogP contribution < -0.4 is 10.9 Å². The van der Waals surface area contributed by atoms with Crippen molar-refractivity contribution in [3.05, 3.63) is 40.2 Å². The third-order valence-corrected chi connectivity index (χ3v) is 3.01. The van der Waals surface area contributed by atoms with Gasteiger partial charge in [0.15, 0.2) is 0 Å². The van der Waals surface area contributed by atoms with Crippen LogP contribution in [0.5, 0.6) is 0 Å². The zero-order valence-electron chi connectivity index (χ0n) is 12.3. The summed E-state index contributed by atoms with van der Waals surface area (Å²) in [5, 5.41) is 3.82. The van der Waals surface area contributed by atoms with Crippen molar-refractivity contribution in [2.24, 2.45) is 5.41 Å². The maximum atomic E-state index is 11.9. The van der Waals surface area contributed by atoms with E-state index in [0.717, 1.165) is 10.9 Å². The van der Waals surface area contributed by atoms with Gasteiger partial charge >= 0.3 is 0 Å². The molecule has 0 unspecified atom stereocenters. The Balaban J connectivity index is 2.26. The van der Waals surface area contributed by atoms with Crippen LogP contribution in [0.3, 0.4) is 0 Å². The van der Waals surface area contributed by atoms with Crippen molar-refractivity contribution in [3.63, 3.8) is 0 Å². The number of carbonyl (C=O) groups is 1. The van der Waals surface area contributed by atoms with Crippen LogP contribution in [-0.4, -0.2) is 10.9 Å². The normalized spacial score (nSPS) is 11.6. The van der Waals surface area contributed by atoms with E-state index in [0.29, 0.717) is 17.7 Å². The standard InChI is InChI=1S/C16H20N2O2/c1-10-7-11-5-6-12(8-13(11)18-15(10)20)17-14(19)9-16(2,3)4/h5-8H,9H2,1-4H3,(H,17,19)(H,18,20). The fourth-order valence-electron chi connectivity index (χ4n) is 2.07. The van der Waals surface area contributed by atoms with Gasteiger partial charge in [0.1, 0.15) is 0 Å². The summed E-state index contributed by atoms with van der Waals surface area (Å²) in [7, 11) is 0. The molecule has 0 saturated heterocycles. The number of anilines is 1. The SMILES string of the molecule is Cc1cc2ccc(NC(=O)CC(C)(C)C)cc2[nH]c1=O. The molecular weight excluding hydrogens is 252 g/mol. The van der Waals surface area contributed by atoms with Gasteiger partial charge in [-0.05, 0) is 35.9 Å². The summed E-state index contributed by atoms with van der Waals surface area (Å²) in [6, 6.07) is 7.37. The van der Waals surface area contributed by atoms with E-state index in [1.165, 1.54) is 0 Å². The lowest BCUT2D eigenvalue weighted by molar-refractivity contribution is -0.117. The number of benzene rings is 1. The van der Waals surface area contributed by atoms with Crippen LogP contribution in [0.15, 0.2) is 29.1 Å². The summed E-state index contributed by atoms with van der Waals surface area (Å²) in [6.07, 6.45) is 0.454. The Labute approximate surface area is 118 Å². The van der Waals surface area contributed by atoms with Crippen molar-refractivity contribution >= 4 is 22.5 Å². The molecule has 106 valence electrons. The van der Waals surface area contributed by atoms with Crippen LogP contribution in [0.25, 0.3) is 10.9 Å². The first-order valence-electron chi connectivity index (χ1n) is 6.68. The van der Waals surface area contributed by atoms with Crippen LogP contribution in [0.2, 0.25) is 0 Å². The number of pyridine rings is 1. The highest BCUT2D eigenvalue weighted by Gasteiger charge is 2.16. The molecule has 4 heteroatoms. The smallest absolute Gasteiger partial charge is 0.251 e. The molecule has 20 heavy (non-hydrogen) atoms. The van der Waals surface area contributed by atoms with E-state index < -0.39 is 0 Å². The largest absolute Gasteiger partial charge is 0.326 e. The molecule has 1 aromatic heterocycles. The summed E-state index contributed by atoms with van der Waals surface area (Å²) < 4.78 is 0. The minimum absolute atomic E-state index is 0.0219. The van der Waals surface area contributed by atoms with Gasteiger partial charge in [-0.2, -0.15) is 0 Å². The number of H-pyrrole nitrogens is 1. The van der Waals surface area contributed by atoms with Gasteiger partial charge < -0.3 is 10.3 Å². The van der Waals surface area contributed by atoms with E-state index in [9.17, 15) is 9.59 Å². The molecule has 0 bridgehead atoms. The topological polar surface area (TPSA) is 62.0 Å². The fourth-order valence-corrected chi connectivity index (χ4v) is 2.07. The van der Waals surface area contributed by atoms with Gasteiger partial charge in [-0.15, -0.1) is 0 Å². The molecule has 4 nitrogen and oxygen atoms in total. The van der Waals surface area contributed by atoms with Gasteiger partial charge in [-0.25, -0.2) is 0 Å². The van der Waals surface area contributed by atoms with Crippen LogP contribution in [0.4, 0.5) is 5.69 Å². The quantitative estimate of drug-likeness (QED) is 0.881. The molecule has 1 aromatic carbocycles. The van der Waals surface area contributed by atoms with E-state index in [-0.39, 0.29) is 16.9 Å². The van der Waals surface area contributed by atoms with Crippen molar-refractivity contribution in [1.29, 1.82) is 0 Å². The van der Waals surface area contributed by atoms with Crippen molar-refractivity contribution in [3.8, 4) is 0 Å². The van der Waals surface area contributed by atoms with E-state index >= 15 is 0 Å². The molecule has 2 aromatic rings. The molecule has 0 atom stereocenters. The summed E-state index contributed by atoms with van der Waals surface area (Å²) in [5.74, 6) is -0.0219. The minimum atomic E-state index is -0.101. The zero-order chi connectivity index (χ0) is 14.9. The Morgan fingerprint density at radius 1 is 1.25 bits per heavy atom. The Bertz CT molecular complexity index is 708. The molecule has 2 rings (SSSR count). The highest BCUT2D eigenvalue weighted by Crippen LogP contribution is 2.21. The van der Waals surface area contributed by atoms with Crippen LogP contribution in [0.1, 0.15) is 32.8 Å². The molecule has 1 heterocycles. The number of aromatic nitrogens is 1. The second kappa shape index (κ2) is 5.12. The Kier molecular flexibility index (Phi) is 3.66. The van der Waals surface area contributed by atoms with Crippen molar-refractivity contribution in [2.45, 2.75) is 34.1 Å². The predicted molar refractivity (Wildman–Crippen MR) is 82.0 cm³/mol. The summed E-state index contributed by atoms with van der Waals surface area (Å²) in [6.45, 7) is 7.84. The first-order chi connectivity index (χ1) is 9.24. The van der Waals surface area contributed by atoms with Crippen LogP contribution >= 0.6 is 0 Å². The lowest BCUT2D eigenvalue weighted by atomic mass is 9.92. The molecule has 0 aliphatic rings. The number of amides is 1. The second-order valence-corrected chi connectivity index (χ2v) is 6.37. The van der Waals surface area contributed by atoms with Crippen LogP contribution in [-0.2, 0) is 4.79 Å². The lowest BCUT2D eigenvalue weighted by Gasteiger charge is -2.17. The first-order valence-corrected chi connectivity index (χ1v) is 6.68. The maximum absolute atomic E-state index is 11.9. The van der Waals surface area contributed by atoms with Gasteiger partial charge in [0, 0.05) is 17.7 Å². The number of aromatic amines is 1. The van der Waals surface area contributed by atoms with E-state index in [4.69, 9.17) is 0 Å². The molecule has 0 aliphatic carbocycles. The molecular formula is C16H20N2O2. The van der Waals surface area contributed by atoms with E-state index in [2.05, 4.69) is 10.3 Å². The van der Waals surface area contributed by atoms with Gasteiger partial charge in [0.25, 0.3) is 5.56 Å². The second-order valence-electron chi connectivity index (χ2n) is 6.37. The molecule has 0 spiro atoms. The van der Waals surface area contributed by atoms with Crippen LogP contribution in [0, 0.1) is 12.3 Å². The number of nitrogens with one attached hydrogen (secondary N) is 2. The number of aryl methyl sites for hydroxylation is 1. The van der Waals surface area contributed by atoms with Crippen molar-refractivity contribution < 1.29 is 4.79 Å². The Morgan fingerprint density at radius 3 is 2.60 bits per heavy atom. The highest BCUT2D eigenvalue weighted by molar-refractivity contribution is 5.93. The minimum Gasteiger partial charge on any atom is -0.326 e. The van der Waals surface area contributed by atoms with Crippen molar-refractivity contribution in [1.82, 2.24) is 4.98 Å². The fraction of sp³-hybridized carbons (Fsp3) is 0.375. The van der Waals surface area contributed by atoms with Crippen molar-refractivity contribution in [2.75, 3.05) is 5.32 Å². The predicted octanol–water partition coefficient (Wildman–Crippen LogP) is 3.21. The molecule has 1 amide bonds. The van der Waals surface area contributed by atoms with Gasteiger partial charge in [0.05, 0.1) is 5.52 Å². The number of carbonyl (C=O) groups excluding carboxylic acids is 1. The average Bonchev–Trinajstić information content (AvgIpc) is 2.28. The number of hydrogen-bond acceptors (Lipinski definition) is 2. The van der Waals surface area contributed by atoms with Gasteiger partial charge in [0.2, 0.25) is 5.91 Å². The number of fused-ring (bicyclic) bond motifs is 1. The van der Waals surface area contributed by atoms with E-state index in [1.54, 1.807) is 13.0 Å². The average molecular weight is 272 g/mol. The third kappa shape index (κ3) is 3.47. The molecule has 0 aliphatic heterocycles. The maximum Gasteiger partial charge on any atom is 0.251 e. The summed E-state index contributed by atoms with van der Waals surface area (Å²) >= 11 is 0. The number of hydrogen-bond donors (Lipinski definition) is 2. The van der Waals surface area contributed by atoms with Gasteiger partial charge in [-0.3, -0.25) is 9.59 Å². The highest BCUT2D eigenvalue weighted by atomic mass is 16.1. The monoisotopic (exact) mass is 272 g/mol. The molecule has 2 N–H and O–H groups in total.